The highest BCUT2D eigenvalue weighted by Crippen LogP contribution is 2.21. The number of nitrogens with zero attached hydrogens (tertiary/aromatic N) is 5. The monoisotopic (exact) mass is 315 g/mol. The molecule has 5 heteroatoms. The fourth-order valence-corrected chi connectivity index (χ4v) is 1.78. The van der Waals surface area contributed by atoms with Crippen LogP contribution in [0, 0.1) is 6.92 Å². The first kappa shape index (κ1) is 16.9. The summed E-state index contributed by atoms with van der Waals surface area (Å²) in [6, 6.07) is 26.6. The van der Waals surface area contributed by atoms with Crippen molar-refractivity contribution in [1.82, 2.24) is 0 Å². The van der Waals surface area contributed by atoms with Gasteiger partial charge >= 0.3 is 0 Å². The maximum atomic E-state index is 8.26. The average Bonchev–Trinajstić information content (AvgIpc) is 2.63. The minimum absolute atomic E-state index is 0.561. The Bertz CT molecular complexity index is 805. The molecule has 5 nitrogen and oxygen atoms in total. The van der Waals surface area contributed by atoms with Crippen molar-refractivity contribution in [3.63, 3.8) is 0 Å². The van der Waals surface area contributed by atoms with Gasteiger partial charge in [-0.15, -0.1) is 0 Å². The first-order valence-corrected chi connectivity index (χ1v) is 7.41. The molecule has 0 spiro atoms. The molecule has 0 bridgehead atoms. The molecule has 0 saturated heterocycles. The molecular formula is C19H17N5. The molecule has 0 atom stereocenters. The van der Waals surface area contributed by atoms with E-state index in [-0.39, 0.29) is 0 Å². The SMILES string of the molecule is Cc1ccccc1.[N-]=[N+]=Nc1ccc(N=Nc2ccccc2)cc1. The number of azo groups is 1. The zero-order valence-corrected chi connectivity index (χ0v) is 13.3. The van der Waals surface area contributed by atoms with E-state index in [0.29, 0.717) is 11.4 Å². The Hall–Kier alpha value is -3.43. The number of benzene rings is 3. The first-order chi connectivity index (χ1) is 11.8. The lowest BCUT2D eigenvalue weighted by atomic mass is 10.2. The zero-order valence-electron chi connectivity index (χ0n) is 13.3. The number of azide groups is 1. The lowest BCUT2D eigenvalue weighted by Gasteiger charge is -1.93. The first-order valence-electron chi connectivity index (χ1n) is 7.41. The molecule has 3 aromatic rings. The smallest absolute Gasteiger partial charge is 0.0857 e. The topological polar surface area (TPSA) is 73.5 Å². The van der Waals surface area contributed by atoms with Crippen LogP contribution in [0.1, 0.15) is 5.56 Å². The lowest BCUT2D eigenvalue weighted by Crippen LogP contribution is -1.64. The molecule has 0 aliphatic heterocycles. The number of rotatable bonds is 3. The van der Waals surface area contributed by atoms with Crippen LogP contribution in [0.2, 0.25) is 0 Å². The van der Waals surface area contributed by atoms with Crippen molar-refractivity contribution in [1.29, 1.82) is 0 Å². The van der Waals surface area contributed by atoms with Crippen molar-refractivity contribution >= 4 is 17.1 Å². The van der Waals surface area contributed by atoms with E-state index in [0.717, 1.165) is 5.69 Å². The summed E-state index contributed by atoms with van der Waals surface area (Å²) in [5.74, 6) is 0. The van der Waals surface area contributed by atoms with E-state index in [1.165, 1.54) is 5.56 Å². The van der Waals surface area contributed by atoms with Gasteiger partial charge in [0.2, 0.25) is 0 Å². The predicted octanol–water partition coefficient (Wildman–Crippen LogP) is 7.04. The maximum Gasteiger partial charge on any atom is 0.0857 e. The number of aryl methyl sites for hydroxylation is 1. The van der Waals surface area contributed by atoms with Crippen LogP contribution in [0.15, 0.2) is 100 Å². The molecule has 0 fully saturated rings. The van der Waals surface area contributed by atoms with Crippen molar-refractivity contribution in [3.8, 4) is 0 Å². The van der Waals surface area contributed by atoms with Crippen LogP contribution in [0.3, 0.4) is 0 Å². The van der Waals surface area contributed by atoms with Crippen molar-refractivity contribution in [2.75, 3.05) is 0 Å². The normalized spacial score (nSPS) is 9.71. The summed E-state index contributed by atoms with van der Waals surface area (Å²) in [6.07, 6.45) is 0. The number of hydrogen-bond donors (Lipinski definition) is 0. The third kappa shape index (κ3) is 6.13. The van der Waals surface area contributed by atoms with E-state index in [2.05, 4.69) is 39.3 Å². The summed E-state index contributed by atoms with van der Waals surface area (Å²) in [5, 5.41) is 11.6. The molecule has 0 radical (unpaired) electrons. The standard InChI is InChI=1S/C12H9N5.C7H8/c13-17-16-12-8-6-11(7-9-12)15-14-10-4-2-1-3-5-10;1-7-5-3-2-4-6-7/h1-9H;2-6H,1H3. The summed E-state index contributed by atoms with van der Waals surface area (Å²) in [5.41, 5.74) is 11.7. The van der Waals surface area contributed by atoms with E-state index in [1.54, 1.807) is 24.3 Å². The molecule has 0 saturated carbocycles. The molecule has 3 aromatic carbocycles. The molecular weight excluding hydrogens is 298 g/mol. The highest BCUT2D eigenvalue weighted by molar-refractivity contribution is 5.47. The summed E-state index contributed by atoms with van der Waals surface area (Å²) in [6.45, 7) is 2.08. The predicted molar refractivity (Wildman–Crippen MR) is 97.0 cm³/mol. The largest absolute Gasteiger partial charge is 0.151 e. The van der Waals surface area contributed by atoms with Gasteiger partial charge in [-0.3, -0.25) is 0 Å². The molecule has 0 aromatic heterocycles. The fraction of sp³-hybridized carbons (Fsp3) is 0.0526. The molecule has 0 amide bonds. The Labute approximate surface area is 140 Å². The quantitative estimate of drug-likeness (QED) is 0.282. The van der Waals surface area contributed by atoms with Gasteiger partial charge in [0.25, 0.3) is 0 Å². The third-order valence-corrected chi connectivity index (χ3v) is 2.99. The van der Waals surface area contributed by atoms with Crippen molar-refractivity contribution in [3.05, 3.63) is 101 Å². The molecule has 0 aliphatic rings. The van der Waals surface area contributed by atoms with Crippen molar-refractivity contribution < 1.29 is 0 Å². The minimum atomic E-state index is 0.561. The average molecular weight is 315 g/mol. The Kier molecular flexibility index (Phi) is 6.74. The molecule has 0 aliphatic carbocycles. The van der Waals surface area contributed by atoms with Gasteiger partial charge in [0.1, 0.15) is 0 Å². The Balaban J connectivity index is 0.000000249. The Morgan fingerprint density at radius 1 is 0.625 bits per heavy atom. The van der Waals surface area contributed by atoms with Gasteiger partial charge in [0.15, 0.2) is 0 Å². The van der Waals surface area contributed by atoms with Crippen LogP contribution in [0.4, 0.5) is 17.1 Å². The van der Waals surface area contributed by atoms with Crippen LogP contribution in [-0.4, -0.2) is 0 Å². The van der Waals surface area contributed by atoms with Gasteiger partial charge in [-0.05, 0) is 36.7 Å². The zero-order chi connectivity index (χ0) is 17.0. The summed E-state index contributed by atoms with van der Waals surface area (Å²) in [7, 11) is 0. The minimum Gasteiger partial charge on any atom is -0.151 e. The maximum absolute atomic E-state index is 8.26. The van der Waals surface area contributed by atoms with Crippen LogP contribution in [-0.2, 0) is 0 Å². The van der Waals surface area contributed by atoms with Crippen LogP contribution >= 0.6 is 0 Å². The van der Waals surface area contributed by atoms with Gasteiger partial charge in [0.05, 0.1) is 11.4 Å². The van der Waals surface area contributed by atoms with Gasteiger partial charge in [-0.1, -0.05) is 71.3 Å². The van der Waals surface area contributed by atoms with E-state index in [1.807, 2.05) is 48.5 Å². The summed E-state index contributed by atoms with van der Waals surface area (Å²) < 4.78 is 0. The second-order valence-corrected chi connectivity index (χ2v) is 4.90. The summed E-state index contributed by atoms with van der Waals surface area (Å²) in [4.78, 5) is 2.70. The van der Waals surface area contributed by atoms with Gasteiger partial charge in [-0.2, -0.15) is 10.2 Å². The van der Waals surface area contributed by atoms with Gasteiger partial charge < -0.3 is 0 Å². The second kappa shape index (κ2) is 9.56. The molecule has 0 N–H and O–H groups in total. The van der Waals surface area contributed by atoms with Crippen LogP contribution in [0.5, 0.6) is 0 Å². The molecule has 0 heterocycles. The van der Waals surface area contributed by atoms with Crippen molar-refractivity contribution in [2.45, 2.75) is 6.92 Å². The van der Waals surface area contributed by atoms with Gasteiger partial charge in [0, 0.05) is 10.6 Å². The van der Waals surface area contributed by atoms with Crippen LogP contribution in [0.25, 0.3) is 10.4 Å². The van der Waals surface area contributed by atoms with E-state index in [9.17, 15) is 0 Å². The molecule has 3 rings (SSSR count). The van der Waals surface area contributed by atoms with E-state index < -0.39 is 0 Å². The Morgan fingerprint density at radius 2 is 1.08 bits per heavy atom. The Morgan fingerprint density at radius 3 is 1.54 bits per heavy atom. The molecule has 118 valence electrons. The number of hydrogen-bond acceptors (Lipinski definition) is 3. The van der Waals surface area contributed by atoms with E-state index >= 15 is 0 Å². The van der Waals surface area contributed by atoms with E-state index in [4.69, 9.17) is 5.53 Å². The lowest BCUT2D eigenvalue weighted by molar-refractivity contribution is 1.23. The van der Waals surface area contributed by atoms with Crippen LogP contribution < -0.4 is 0 Å². The second-order valence-electron chi connectivity index (χ2n) is 4.90. The van der Waals surface area contributed by atoms with Crippen molar-refractivity contribution in [2.24, 2.45) is 15.3 Å². The molecule has 0 unspecified atom stereocenters. The highest BCUT2D eigenvalue weighted by Gasteiger charge is 1.91. The fourth-order valence-electron chi connectivity index (χ4n) is 1.78. The van der Waals surface area contributed by atoms with Gasteiger partial charge in [-0.25, -0.2) is 0 Å². The highest BCUT2D eigenvalue weighted by atomic mass is 15.1. The summed E-state index contributed by atoms with van der Waals surface area (Å²) >= 11 is 0. The molecule has 24 heavy (non-hydrogen) atoms. The third-order valence-electron chi connectivity index (χ3n) is 2.99.